The lowest BCUT2D eigenvalue weighted by molar-refractivity contribution is -0.112. The van der Waals surface area contributed by atoms with Gasteiger partial charge in [0.25, 0.3) is 5.91 Å². The van der Waals surface area contributed by atoms with E-state index in [-0.39, 0.29) is 11.3 Å². The molecule has 0 aliphatic heterocycles. The Morgan fingerprint density at radius 3 is 2.38 bits per heavy atom. The van der Waals surface area contributed by atoms with E-state index < -0.39 is 11.9 Å². The zero-order valence-electron chi connectivity index (χ0n) is 12.4. The Morgan fingerprint density at radius 1 is 1.04 bits per heavy atom. The minimum atomic E-state index is -1.16. The van der Waals surface area contributed by atoms with Gasteiger partial charge in [-0.05, 0) is 48.9 Å². The monoisotopic (exact) mass is 383 g/mol. The maximum atomic E-state index is 12.3. The van der Waals surface area contributed by atoms with Gasteiger partial charge in [0.2, 0.25) is 0 Å². The van der Waals surface area contributed by atoms with Crippen LogP contribution in [0.5, 0.6) is 0 Å². The summed E-state index contributed by atoms with van der Waals surface area (Å²) in [5.74, 6) is -1.61. The van der Waals surface area contributed by atoms with E-state index in [1.54, 1.807) is 31.2 Å². The quantitative estimate of drug-likeness (QED) is 0.695. The van der Waals surface area contributed by atoms with Crippen molar-refractivity contribution < 1.29 is 14.7 Å². The number of carboxylic acid groups (broad SMARTS) is 1. The van der Waals surface area contributed by atoms with Crippen LogP contribution in [0.1, 0.15) is 22.8 Å². The van der Waals surface area contributed by atoms with Crippen molar-refractivity contribution in [1.82, 2.24) is 0 Å². The fraction of sp³-hybridized carbons (Fsp3) is 0.0588. The Kier molecular flexibility index (Phi) is 5.89. The number of benzene rings is 2. The molecule has 7 heteroatoms. The second-order valence-corrected chi connectivity index (χ2v) is 6.20. The average Bonchev–Trinajstić information content (AvgIpc) is 2.50. The molecule has 2 aromatic rings. The van der Waals surface area contributed by atoms with Crippen molar-refractivity contribution in [1.29, 1.82) is 0 Å². The van der Waals surface area contributed by atoms with Crippen LogP contribution in [-0.4, -0.2) is 17.0 Å². The largest absolute Gasteiger partial charge is 0.478 e. The Labute approximate surface area is 153 Å². The van der Waals surface area contributed by atoms with Gasteiger partial charge in [0.1, 0.15) is 0 Å². The van der Waals surface area contributed by atoms with Crippen molar-refractivity contribution in [3.05, 3.63) is 68.2 Å². The van der Waals surface area contributed by atoms with Crippen molar-refractivity contribution in [3.63, 3.8) is 0 Å². The third kappa shape index (κ3) is 4.51. The minimum absolute atomic E-state index is 0.0462. The molecule has 0 fully saturated rings. The van der Waals surface area contributed by atoms with Crippen molar-refractivity contribution >= 4 is 58.4 Å². The molecule has 0 spiro atoms. The first-order valence-corrected chi connectivity index (χ1v) is 7.89. The lowest BCUT2D eigenvalue weighted by atomic mass is 10.1. The first kappa shape index (κ1) is 18.3. The van der Waals surface area contributed by atoms with Crippen LogP contribution < -0.4 is 5.32 Å². The van der Waals surface area contributed by atoms with Crippen molar-refractivity contribution in [2.24, 2.45) is 0 Å². The molecule has 4 nitrogen and oxygen atoms in total. The highest BCUT2D eigenvalue weighted by molar-refractivity contribution is 6.42. The van der Waals surface area contributed by atoms with Crippen LogP contribution >= 0.6 is 34.8 Å². The number of halogens is 3. The van der Waals surface area contributed by atoms with Crippen LogP contribution in [0.2, 0.25) is 15.1 Å². The molecule has 0 saturated heterocycles. The molecule has 0 radical (unpaired) electrons. The topological polar surface area (TPSA) is 66.4 Å². The summed E-state index contributed by atoms with van der Waals surface area (Å²) >= 11 is 17.6. The third-order valence-corrected chi connectivity index (χ3v) is 4.12. The summed E-state index contributed by atoms with van der Waals surface area (Å²) in [6.45, 7) is 1.60. The van der Waals surface area contributed by atoms with Gasteiger partial charge < -0.3 is 10.4 Å². The van der Waals surface area contributed by atoms with Crippen LogP contribution in [0.4, 0.5) is 5.69 Å². The SMILES string of the molecule is CC(=Cc1ccc(Cl)c(Cl)c1)C(=O)Nc1cc(Cl)ccc1C(=O)O. The van der Waals surface area contributed by atoms with Crippen LogP contribution in [0, 0.1) is 0 Å². The van der Waals surface area contributed by atoms with E-state index in [0.29, 0.717) is 26.2 Å². The number of aromatic carboxylic acids is 1. The summed E-state index contributed by atoms with van der Waals surface area (Å²) in [5.41, 5.74) is 1.14. The molecule has 2 rings (SSSR count). The number of anilines is 1. The van der Waals surface area contributed by atoms with Gasteiger partial charge in [-0.25, -0.2) is 4.79 Å². The number of hydrogen-bond donors (Lipinski definition) is 2. The van der Waals surface area contributed by atoms with Gasteiger partial charge in [0.05, 0.1) is 21.3 Å². The first-order valence-electron chi connectivity index (χ1n) is 6.75. The lowest BCUT2D eigenvalue weighted by Crippen LogP contribution is -2.15. The van der Waals surface area contributed by atoms with Gasteiger partial charge in [0, 0.05) is 10.6 Å². The van der Waals surface area contributed by atoms with E-state index in [1.807, 2.05) is 0 Å². The molecule has 0 aliphatic carbocycles. The van der Waals surface area contributed by atoms with E-state index in [1.165, 1.54) is 18.2 Å². The van der Waals surface area contributed by atoms with Crippen LogP contribution in [0.25, 0.3) is 6.08 Å². The zero-order chi connectivity index (χ0) is 17.9. The zero-order valence-corrected chi connectivity index (χ0v) is 14.7. The third-order valence-electron chi connectivity index (χ3n) is 3.15. The van der Waals surface area contributed by atoms with Gasteiger partial charge in [0.15, 0.2) is 0 Å². The fourth-order valence-electron chi connectivity index (χ4n) is 1.94. The molecule has 0 heterocycles. The maximum absolute atomic E-state index is 12.3. The average molecular weight is 385 g/mol. The molecule has 0 aromatic heterocycles. The minimum Gasteiger partial charge on any atom is -0.478 e. The van der Waals surface area contributed by atoms with Crippen molar-refractivity contribution in [3.8, 4) is 0 Å². The number of carboxylic acids is 1. The first-order chi connectivity index (χ1) is 11.3. The summed E-state index contributed by atoms with van der Waals surface area (Å²) < 4.78 is 0. The van der Waals surface area contributed by atoms with E-state index in [2.05, 4.69) is 5.32 Å². The smallest absolute Gasteiger partial charge is 0.337 e. The summed E-state index contributed by atoms with van der Waals surface area (Å²) in [5, 5.41) is 12.8. The standard InChI is InChI=1S/C17H12Cl3NO3/c1-9(6-10-2-5-13(19)14(20)7-10)16(22)21-15-8-11(18)3-4-12(15)17(23)24/h2-8H,1H3,(H,21,22)(H,23,24). The number of amides is 1. The van der Waals surface area contributed by atoms with E-state index in [4.69, 9.17) is 39.9 Å². The number of carbonyl (C=O) groups is 2. The second-order valence-electron chi connectivity index (χ2n) is 4.95. The normalized spacial score (nSPS) is 11.2. The molecule has 2 N–H and O–H groups in total. The summed E-state index contributed by atoms with van der Waals surface area (Å²) in [6.07, 6.45) is 1.61. The number of nitrogens with one attached hydrogen (secondary N) is 1. The van der Waals surface area contributed by atoms with E-state index in [0.717, 1.165) is 0 Å². The molecule has 0 atom stereocenters. The van der Waals surface area contributed by atoms with Gasteiger partial charge in [-0.2, -0.15) is 0 Å². The number of rotatable bonds is 4. The van der Waals surface area contributed by atoms with Gasteiger partial charge in [-0.3, -0.25) is 4.79 Å². The van der Waals surface area contributed by atoms with Gasteiger partial charge >= 0.3 is 5.97 Å². The molecule has 0 saturated carbocycles. The Morgan fingerprint density at radius 2 is 1.75 bits per heavy atom. The highest BCUT2D eigenvalue weighted by atomic mass is 35.5. The predicted octanol–water partition coefficient (Wildman–Crippen LogP) is 5.39. The molecule has 0 bridgehead atoms. The molecular formula is C17H12Cl3NO3. The molecule has 2 aromatic carbocycles. The predicted molar refractivity (Wildman–Crippen MR) is 97.2 cm³/mol. The van der Waals surface area contributed by atoms with E-state index >= 15 is 0 Å². The lowest BCUT2D eigenvalue weighted by Gasteiger charge is -2.09. The fourth-order valence-corrected chi connectivity index (χ4v) is 2.42. The molecule has 0 aliphatic rings. The molecule has 124 valence electrons. The Bertz CT molecular complexity index is 847. The molecule has 0 unspecified atom stereocenters. The van der Waals surface area contributed by atoms with E-state index in [9.17, 15) is 9.59 Å². The van der Waals surface area contributed by atoms with Crippen LogP contribution in [-0.2, 0) is 4.79 Å². The molecule has 1 amide bonds. The van der Waals surface area contributed by atoms with Crippen molar-refractivity contribution in [2.45, 2.75) is 6.92 Å². The van der Waals surface area contributed by atoms with Gasteiger partial charge in [-0.15, -0.1) is 0 Å². The summed E-state index contributed by atoms with van der Waals surface area (Å²) in [4.78, 5) is 23.5. The highest BCUT2D eigenvalue weighted by Crippen LogP contribution is 2.25. The number of hydrogen-bond acceptors (Lipinski definition) is 2. The van der Waals surface area contributed by atoms with Crippen LogP contribution in [0.3, 0.4) is 0 Å². The Balaban J connectivity index is 2.26. The maximum Gasteiger partial charge on any atom is 0.337 e. The van der Waals surface area contributed by atoms with Gasteiger partial charge in [-0.1, -0.05) is 40.9 Å². The molecule has 24 heavy (non-hydrogen) atoms. The van der Waals surface area contributed by atoms with Crippen molar-refractivity contribution in [2.75, 3.05) is 5.32 Å². The second kappa shape index (κ2) is 7.71. The summed E-state index contributed by atoms with van der Waals surface area (Å²) in [6, 6.07) is 9.13. The summed E-state index contributed by atoms with van der Waals surface area (Å²) in [7, 11) is 0. The number of carbonyl (C=O) groups excluding carboxylic acids is 1. The highest BCUT2D eigenvalue weighted by Gasteiger charge is 2.14. The van der Waals surface area contributed by atoms with Crippen LogP contribution in [0.15, 0.2) is 42.0 Å². The molecular weight excluding hydrogens is 373 g/mol. The Hall–Kier alpha value is -2.01.